The Kier molecular flexibility index (Phi) is 4.43. The maximum absolute atomic E-state index is 13.0. The van der Waals surface area contributed by atoms with Crippen molar-refractivity contribution >= 4 is 17.2 Å². The third-order valence-corrected chi connectivity index (χ3v) is 5.52. The molecule has 2 atom stereocenters. The van der Waals surface area contributed by atoms with E-state index in [-0.39, 0.29) is 23.4 Å². The van der Waals surface area contributed by atoms with Crippen LogP contribution in [0.3, 0.4) is 0 Å². The van der Waals surface area contributed by atoms with Gasteiger partial charge in [-0.05, 0) is 37.1 Å². The molecule has 7 heteroatoms. The Morgan fingerprint density at radius 3 is 3.00 bits per heavy atom. The van der Waals surface area contributed by atoms with E-state index in [2.05, 4.69) is 4.98 Å². The molecule has 2 aliphatic rings. The second-order valence-corrected chi connectivity index (χ2v) is 7.47. The average Bonchev–Trinajstić information content (AvgIpc) is 3.27. The van der Waals surface area contributed by atoms with E-state index in [9.17, 15) is 9.18 Å². The molecular formula is C18H19FN2O3S. The highest BCUT2D eigenvalue weighted by Gasteiger charge is 2.45. The molecule has 1 aromatic heterocycles. The monoisotopic (exact) mass is 362 g/mol. The number of likely N-dealkylation sites (tertiary alicyclic amines) is 1. The number of amides is 1. The van der Waals surface area contributed by atoms with E-state index < -0.39 is 0 Å². The van der Waals surface area contributed by atoms with Gasteiger partial charge in [-0.2, -0.15) is 0 Å². The molecule has 0 N–H and O–H groups in total. The van der Waals surface area contributed by atoms with Gasteiger partial charge in [0.1, 0.15) is 22.5 Å². The summed E-state index contributed by atoms with van der Waals surface area (Å²) in [6.45, 7) is 1.80. The van der Waals surface area contributed by atoms with Crippen LogP contribution in [-0.4, -0.2) is 47.2 Å². The standard InChI is InChI=1S/C18H19FN2O3S/c19-13-2-4-14(5-3-13)24-15-8-18(23-10-15)6-1-7-21(11-18)17(22)16-9-20-12-25-16/h2-5,9,12,15H,1,6-8,10-11H2/t15-,18+/m1/s1. The Morgan fingerprint density at radius 1 is 1.40 bits per heavy atom. The number of ether oxygens (including phenoxy) is 2. The average molecular weight is 362 g/mol. The van der Waals surface area contributed by atoms with Crippen molar-refractivity contribution in [3.8, 4) is 5.75 Å². The number of piperidine rings is 1. The number of halogens is 1. The lowest BCUT2D eigenvalue weighted by atomic mass is 9.89. The van der Waals surface area contributed by atoms with E-state index in [4.69, 9.17) is 9.47 Å². The number of hydrogen-bond acceptors (Lipinski definition) is 5. The Bertz CT molecular complexity index is 737. The van der Waals surface area contributed by atoms with Crippen LogP contribution in [0.15, 0.2) is 36.0 Å². The maximum atomic E-state index is 13.0. The number of thiazole rings is 1. The summed E-state index contributed by atoms with van der Waals surface area (Å²) in [7, 11) is 0. The van der Waals surface area contributed by atoms with Crippen LogP contribution < -0.4 is 4.74 Å². The van der Waals surface area contributed by atoms with Gasteiger partial charge in [-0.3, -0.25) is 9.78 Å². The number of hydrogen-bond donors (Lipinski definition) is 0. The van der Waals surface area contributed by atoms with Crippen LogP contribution in [0.1, 0.15) is 28.9 Å². The lowest BCUT2D eigenvalue weighted by Crippen LogP contribution is -2.50. The number of benzene rings is 1. The molecule has 5 nitrogen and oxygen atoms in total. The predicted octanol–water partition coefficient (Wildman–Crippen LogP) is 3.12. The van der Waals surface area contributed by atoms with E-state index in [1.165, 1.54) is 23.5 Å². The zero-order valence-corrected chi connectivity index (χ0v) is 14.5. The van der Waals surface area contributed by atoms with Gasteiger partial charge in [0.05, 0.1) is 30.5 Å². The van der Waals surface area contributed by atoms with Gasteiger partial charge in [-0.1, -0.05) is 0 Å². The van der Waals surface area contributed by atoms with Crippen LogP contribution >= 0.6 is 11.3 Å². The molecule has 4 rings (SSSR count). The molecule has 0 radical (unpaired) electrons. The fourth-order valence-corrected chi connectivity index (χ4v) is 4.20. The molecule has 1 spiro atoms. The van der Waals surface area contributed by atoms with Crippen molar-refractivity contribution < 1.29 is 18.7 Å². The lowest BCUT2D eigenvalue weighted by Gasteiger charge is -2.39. The van der Waals surface area contributed by atoms with Crippen molar-refractivity contribution in [2.24, 2.45) is 0 Å². The Labute approximate surface area is 149 Å². The third-order valence-electron chi connectivity index (χ3n) is 4.76. The highest BCUT2D eigenvalue weighted by Crippen LogP contribution is 2.36. The van der Waals surface area contributed by atoms with E-state index >= 15 is 0 Å². The first-order chi connectivity index (χ1) is 12.1. The zero-order chi connectivity index (χ0) is 17.3. The molecule has 0 aliphatic carbocycles. The fraction of sp³-hybridized carbons (Fsp3) is 0.444. The van der Waals surface area contributed by atoms with Crippen LogP contribution in [0.5, 0.6) is 5.75 Å². The molecule has 0 unspecified atom stereocenters. The minimum Gasteiger partial charge on any atom is -0.488 e. The fourth-order valence-electron chi connectivity index (χ4n) is 3.62. The summed E-state index contributed by atoms with van der Waals surface area (Å²) in [6.07, 6.45) is 4.10. The summed E-state index contributed by atoms with van der Waals surface area (Å²) < 4.78 is 25.0. The number of rotatable bonds is 3. The quantitative estimate of drug-likeness (QED) is 0.842. The smallest absolute Gasteiger partial charge is 0.265 e. The largest absolute Gasteiger partial charge is 0.488 e. The second kappa shape index (κ2) is 6.72. The molecule has 132 valence electrons. The molecule has 3 heterocycles. The second-order valence-electron chi connectivity index (χ2n) is 6.59. The SMILES string of the molecule is O=C(c1cncs1)N1CCC[C@]2(C[C@@H](Oc3ccc(F)cc3)CO2)C1. The Hall–Kier alpha value is -1.99. The van der Waals surface area contributed by atoms with Crippen molar-refractivity contribution in [1.82, 2.24) is 9.88 Å². The maximum Gasteiger partial charge on any atom is 0.265 e. The molecule has 2 aliphatic heterocycles. The minimum absolute atomic E-state index is 0.0214. The van der Waals surface area contributed by atoms with E-state index in [1.54, 1.807) is 23.8 Å². The van der Waals surface area contributed by atoms with Crippen molar-refractivity contribution in [3.63, 3.8) is 0 Å². The highest BCUT2D eigenvalue weighted by molar-refractivity contribution is 7.11. The van der Waals surface area contributed by atoms with Gasteiger partial charge >= 0.3 is 0 Å². The van der Waals surface area contributed by atoms with Gasteiger partial charge < -0.3 is 14.4 Å². The molecular weight excluding hydrogens is 343 g/mol. The minimum atomic E-state index is -0.344. The van der Waals surface area contributed by atoms with Gasteiger partial charge in [0.25, 0.3) is 5.91 Å². The van der Waals surface area contributed by atoms with Crippen LogP contribution in [0, 0.1) is 5.82 Å². The Balaban J connectivity index is 1.40. The zero-order valence-electron chi connectivity index (χ0n) is 13.7. The molecule has 1 amide bonds. The first-order valence-electron chi connectivity index (χ1n) is 8.38. The molecule has 2 fully saturated rings. The first kappa shape index (κ1) is 16.5. The van der Waals surface area contributed by atoms with Gasteiger partial charge in [0.15, 0.2) is 0 Å². The predicted molar refractivity (Wildman–Crippen MR) is 91.4 cm³/mol. The highest BCUT2D eigenvalue weighted by atomic mass is 32.1. The van der Waals surface area contributed by atoms with Crippen molar-refractivity contribution in [2.45, 2.75) is 31.0 Å². The van der Waals surface area contributed by atoms with Crippen molar-refractivity contribution in [3.05, 3.63) is 46.7 Å². The van der Waals surface area contributed by atoms with E-state index in [1.807, 2.05) is 4.90 Å². The summed E-state index contributed by atoms with van der Waals surface area (Å²) >= 11 is 1.36. The third kappa shape index (κ3) is 3.52. The molecule has 1 aromatic carbocycles. The first-order valence-corrected chi connectivity index (χ1v) is 9.25. The van der Waals surface area contributed by atoms with Gasteiger partial charge in [-0.15, -0.1) is 11.3 Å². The van der Waals surface area contributed by atoms with E-state index in [0.717, 1.165) is 25.8 Å². The lowest BCUT2D eigenvalue weighted by molar-refractivity contribution is -0.0452. The van der Waals surface area contributed by atoms with Crippen molar-refractivity contribution in [2.75, 3.05) is 19.7 Å². The van der Waals surface area contributed by atoms with Gasteiger partial charge in [0.2, 0.25) is 0 Å². The number of carbonyl (C=O) groups excluding carboxylic acids is 1. The normalized spacial score (nSPS) is 26.1. The molecule has 0 bridgehead atoms. The molecule has 2 aromatic rings. The number of aromatic nitrogens is 1. The number of nitrogens with zero attached hydrogens (tertiary/aromatic N) is 2. The topological polar surface area (TPSA) is 51.7 Å². The summed E-state index contributed by atoms with van der Waals surface area (Å²) in [5.74, 6) is 0.379. The van der Waals surface area contributed by atoms with Crippen LogP contribution in [0.2, 0.25) is 0 Å². The molecule has 2 saturated heterocycles. The van der Waals surface area contributed by atoms with Gasteiger partial charge in [0, 0.05) is 13.0 Å². The molecule has 0 saturated carbocycles. The number of carbonyl (C=O) groups is 1. The summed E-state index contributed by atoms with van der Waals surface area (Å²) in [5.41, 5.74) is 1.33. The van der Waals surface area contributed by atoms with Gasteiger partial charge in [-0.25, -0.2) is 4.39 Å². The van der Waals surface area contributed by atoms with Crippen LogP contribution in [0.25, 0.3) is 0 Å². The van der Waals surface area contributed by atoms with E-state index in [0.29, 0.717) is 23.8 Å². The van der Waals surface area contributed by atoms with Crippen LogP contribution in [-0.2, 0) is 4.74 Å². The Morgan fingerprint density at radius 2 is 2.24 bits per heavy atom. The van der Waals surface area contributed by atoms with Crippen molar-refractivity contribution in [1.29, 1.82) is 0 Å². The molecule has 25 heavy (non-hydrogen) atoms. The van der Waals surface area contributed by atoms with Crippen LogP contribution in [0.4, 0.5) is 4.39 Å². The summed E-state index contributed by atoms with van der Waals surface area (Å²) in [5, 5.41) is 0. The summed E-state index contributed by atoms with van der Waals surface area (Å²) in [6, 6.07) is 6.02. The summed E-state index contributed by atoms with van der Waals surface area (Å²) in [4.78, 5) is 19.1.